The second kappa shape index (κ2) is 9.90. The zero-order chi connectivity index (χ0) is 21.7. The third-order valence-corrected chi connectivity index (χ3v) is 7.17. The number of rotatable bonds is 8. The van der Waals surface area contributed by atoms with E-state index in [9.17, 15) is 4.79 Å². The molecule has 2 heterocycles. The molecule has 1 aromatic heterocycles. The lowest BCUT2D eigenvalue weighted by Crippen LogP contribution is -2.28. The van der Waals surface area contributed by atoms with Crippen molar-refractivity contribution in [1.82, 2.24) is 9.55 Å². The molecule has 0 amide bonds. The van der Waals surface area contributed by atoms with E-state index in [1.54, 1.807) is 23.9 Å². The van der Waals surface area contributed by atoms with E-state index < -0.39 is 4.93 Å². The van der Waals surface area contributed by atoms with Crippen LogP contribution in [-0.2, 0) is 27.9 Å². The molecule has 0 aliphatic carbocycles. The molecule has 0 unspecified atom stereocenters. The van der Waals surface area contributed by atoms with Crippen molar-refractivity contribution in [3.8, 4) is 0 Å². The number of aryl methyl sites for hydroxylation is 2. The molecule has 3 aromatic rings. The Morgan fingerprint density at radius 2 is 2.03 bits per heavy atom. The van der Waals surface area contributed by atoms with Gasteiger partial charge in [-0.3, -0.25) is 0 Å². The van der Waals surface area contributed by atoms with E-state index in [1.165, 1.54) is 0 Å². The van der Waals surface area contributed by atoms with Gasteiger partial charge < -0.3 is 14.0 Å². The number of carbonyl (C=O) groups excluding carboxylic acids is 1. The van der Waals surface area contributed by atoms with Crippen molar-refractivity contribution in [3.05, 3.63) is 89.0 Å². The van der Waals surface area contributed by atoms with E-state index in [2.05, 4.69) is 4.98 Å². The molecule has 2 atom stereocenters. The second-order valence-corrected chi connectivity index (χ2v) is 9.30. The Hall–Kier alpha value is -2.28. The second-order valence-electron chi connectivity index (χ2n) is 7.58. The molecule has 0 radical (unpaired) electrons. The summed E-state index contributed by atoms with van der Waals surface area (Å²) in [5.41, 5.74) is 1.63. The topological polar surface area (TPSA) is 53.4 Å². The first kappa shape index (κ1) is 21.9. The number of hydrogen-bond donors (Lipinski definition) is 0. The molecule has 1 aliphatic rings. The average molecular weight is 457 g/mol. The number of benzene rings is 2. The van der Waals surface area contributed by atoms with E-state index in [1.807, 2.05) is 66.5 Å². The quantitative estimate of drug-likeness (QED) is 0.434. The van der Waals surface area contributed by atoms with Gasteiger partial charge in [-0.1, -0.05) is 41.9 Å². The van der Waals surface area contributed by atoms with E-state index in [4.69, 9.17) is 21.1 Å². The molecular weight excluding hydrogens is 432 g/mol. The summed E-state index contributed by atoms with van der Waals surface area (Å²) in [5, 5.41) is 0.697. The highest BCUT2D eigenvalue weighted by atomic mass is 35.5. The summed E-state index contributed by atoms with van der Waals surface area (Å²) < 4.78 is 14.1. The van der Waals surface area contributed by atoms with E-state index in [0.717, 1.165) is 36.4 Å². The molecule has 31 heavy (non-hydrogen) atoms. The van der Waals surface area contributed by atoms with Crippen LogP contribution in [-0.4, -0.2) is 34.0 Å². The Balaban J connectivity index is 1.42. The summed E-state index contributed by atoms with van der Waals surface area (Å²) in [7, 11) is 2.01. The number of hydrogen-bond acceptors (Lipinski definition) is 5. The molecule has 0 spiro atoms. The molecule has 2 aromatic carbocycles. The first-order chi connectivity index (χ1) is 15.1. The van der Waals surface area contributed by atoms with Gasteiger partial charge in [-0.15, -0.1) is 11.8 Å². The van der Waals surface area contributed by atoms with Gasteiger partial charge >= 0.3 is 5.97 Å². The van der Waals surface area contributed by atoms with Crippen molar-refractivity contribution in [2.45, 2.75) is 30.3 Å². The maximum Gasteiger partial charge on any atom is 0.338 e. The lowest BCUT2D eigenvalue weighted by molar-refractivity contribution is -0.0469. The Labute approximate surface area is 191 Å². The first-order valence-electron chi connectivity index (χ1n) is 10.3. The largest absolute Gasteiger partial charge is 0.459 e. The monoisotopic (exact) mass is 456 g/mol. The van der Waals surface area contributed by atoms with Gasteiger partial charge in [0.1, 0.15) is 23.5 Å². The molecule has 0 saturated carbocycles. The summed E-state index contributed by atoms with van der Waals surface area (Å²) in [6.07, 6.45) is 6.24. The van der Waals surface area contributed by atoms with Gasteiger partial charge in [-0.05, 0) is 42.7 Å². The Morgan fingerprint density at radius 3 is 2.74 bits per heavy atom. The van der Waals surface area contributed by atoms with Gasteiger partial charge in [0, 0.05) is 36.6 Å². The maximum absolute atomic E-state index is 12.3. The number of carbonyl (C=O) groups is 1. The third kappa shape index (κ3) is 5.32. The summed E-state index contributed by atoms with van der Waals surface area (Å²) >= 11 is 7.87. The molecule has 0 N–H and O–H groups in total. The fourth-order valence-corrected chi connectivity index (χ4v) is 5.26. The summed E-state index contributed by atoms with van der Waals surface area (Å²) in [5.74, 6) is 1.49. The van der Waals surface area contributed by atoms with Crippen LogP contribution in [0.3, 0.4) is 0 Å². The van der Waals surface area contributed by atoms with Crippen LogP contribution in [0.15, 0.2) is 67.0 Å². The van der Waals surface area contributed by atoms with E-state index in [0.29, 0.717) is 10.6 Å². The minimum atomic E-state index is -0.487. The van der Waals surface area contributed by atoms with Gasteiger partial charge in [0.25, 0.3) is 0 Å². The van der Waals surface area contributed by atoms with Crippen LogP contribution in [0.1, 0.15) is 34.6 Å². The van der Waals surface area contributed by atoms with Crippen LogP contribution in [0.25, 0.3) is 0 Å². The molecule has 0 bridgehead atoms. The first-order valence-corrected chi connectivity index (χ1v) is 11.7. The highest BCUT2D eigenvalue weighted by Crippen LogP contribution is 2.48. The smallest absolute Gasteiger partial charge is 0.338 e. The Morgan fingerprint density at radius 1 is 1.26 bits per heavy atom. The van der Waals surface area contributed by atoms with Crippen LogP contribution in [0, 0.1) is 0 Å². The number of esters is 1. The van der Waals surface area contributed by atoms with Gasteiger partial charge in [-0.25, -0.2) is 9.78 Å². The average Bonchev–Trinajstić information content (AvgIpc) is 3.40. The summed E-state index contributed by atoms with van der Waals surface area (Å²) in [4.78, 5) is 16.2. The highest BCUT2D eigenvalue weighted by molar-refractivity contribution is 8.00. The molecule has 162 valence electrons. The summed E-state index contributed by atoms with van der Waals surface area (Å²) in [6.45, 7) is 0.232. The fraction of sp³-hybridized carbons (Fsp3) is 0.333. The minimum Gasteiger partial charge on any atom is -0.459 e. The number of ether oxygens (including phenoxy) is 2. The normalized spacial score (nSPS) is 20.6. The van der Waals surface area contributed by atoms with Gasteiger partial charge in [-0.2, -0.15) is 0 Å². The fourth-order valence-electron chi connectivity index (χ4n) is 3.72. The van der Waals surface area contributed by atoms with Gasteiger partial charge in [0.05, 0.1) is 5.56 Å². The third-order valence-electron chi connectivity index (χ3n) is 5.38. The van der Waals surface area contributed by atoms with Crippen LogP contribution < -0.4 is 0 Å². The van der Waals surface area contributed by atoms with Crippen molar-refractivity contribution in [2.75, 3.05) is 12.4 Å². The maximum atomic E-state index is 12.3. The van der Waals surface area contributed by atoms with Crippen LogP contribution in [0.2, 0.25) is 5.02 Å². The lowest BCUT2D eigenvalue weighted by Gasteiger charge is -2.29. The molecule has 5 nitrogen and oxygen atoms in total. The molecule has 4 rings (SSSR count). The minimum absolute atomic E-state index is 0.165. The number of aromatic nitrogens is 2. The van der Waals surface area contributed by atoms with Crippen molar-refractivity contribution in [2.24, 2.45) is 7.05 Å². The van der Waals surface area contributed by atoms with E-state index in [-0.39, 0.29) is 18.7 Å². The predicted octanol–water partition coefficient (Wildman–Crippen LogP) is 5.24. The molecule has 1 aliphatic heterocycles. The zero-order valence-corrected chi connectivity index (χ0v) is 18.9. The van der Waals surface area contributed by atoms with Crippen molar-refractivity contribution in [1.29, 1.82) is 0 Å². The number of thioether (sulfide) groups is 1. The number of imidazole rings is 1. The zero-order valence-electron chi connectivity index (χ0n) is 17.4. The molecular formula is C24H25ClN2O3S. The SMILES string of the molecule is Cn1ccnc1CCC[C@@]1(c2ccc(Cl)cc2)O[C@@H](COC(=O)c2ccccc2)CS1. The Kier molecular flexibility index (Phi) is 7.00. The van der Waals surface area contributed by atoms with Crippen molar-refractivity contribution < 1.29 is 14.3 Å². The van der Waals surface area contributed by atoms with Crippen LogP contribution in [0.5, 0.6) is 0 Å². The number of nitrogens with zero attached hydrogens (tertiary/aromatic N) is 2. The molecule has 7 heteroatoms. The summed E-state index contributed by atoms with van der Waals surface area (Å²) in [6, 6.07) is 16.9. The van der Waals surface area contributed by atoms with Gasteiger partial charge in [0.2, 0.25) is 0 Å². The lowest BCUT2D eigenvalue weighted by atomic mass is 10.0. The molecule has 1 fully saturated rings. The van der Waals surface area contributed by atoms with Crippen molar-refractivity contribution >= 4 is 29.3 Å². The predicted molar refractivity (Wildman–Crippen MR) is 123 cm³/mol. The Bertz CT molecular complexity index is 1010. The van der Waals surface area contributed by atoms with Gasteiger partial charge in [0.15, 0.2) is 0 Å². The van der Waals surface area contributed by atoms with Crippen molar-refractivity contribution in [3.63, 3.8) is 0 Å². The molecule has 1 saturated heterocycles. The standard InChI is InChI=1S/C24H25ClN2O3S/c1-27-15-14-26-22(27)8-5-13-24(19-9-11-20(25)12-10-19)30-21(17-31-24)16-29-23(28)18-6-3-2-4-7-18/h2-4,6-7,9-12,14-15,21H,5,8,13,16-17H2,1H3/t21-,24+/m0/s1. The van der Waals surface area contributed by atoms with Crippen LogP contribution in [0.4, 0.5) is 0 Å². The van der Waals surface area contributed by atoms with Crippen LogP contribution >= 0.6 is 23.4 Å². The number of halogens is 1. The van der Waals surface area contributed by atoms with E-state index >= 15 is 0 Å². The highest BCUT2D eigenvalue weighted by Gasteiger charge is 2.42.